The standard InChI is InChI=1S/C50H80O5/c1-3-5-7-9-11-13-15-17-19-21-22-23-24-25-26-27-28-29-31-33-35-37-39-41-43-45-50(53)55-48(46-51)47-54-49(52)44-42-40-38-36-34-32-30-20-18-16-14-12-10-8-6-4-2/h5,7,11,13-14,16-17,19-20,22-23,25-26,28-30,33,35,48,51H,3-4,6,8-10,12,15,18,21,24,27,31-32,34,36-47H2,1-2H3/b7-5-,13-11-,16-14-,19-17-,23-22-,26-25-,29-28-,30-20-,35-33-. The van der Waals surface area contributed by atoms with E-state index in [-0.39, 0.29) is 25.2 Å². The van der Waals surface area contributed by atoms with Gasteiger partial charge < -0.3 is 14.6 Å². The number of carbonyl (C=O) groups excluding carboxylic acids is 2. The summed E-state index contributed by atoms with van der Waals surface area (Å²) in [4.78, 5) is 24.3. The summed E-state index contributed by atoms with van der Waals surface area (Å²) in [6, 6.07) is 0. The lowest BCUT2D eigenvalue weighted by Crippen LogP contribution is -2.28. The first-order valence-electron chi connectivity index (χ1n) is 21.9. The number of unbranched alkanes of at least 4 members (excludes halogenated alkanes) is 12. The molecule has 55 heavy (non-hydrogen) atoms. The van der Waals surface area contributed by atoms with Crippen LogP contribution in [0.25, 0.3) is 0 Å². The molecule has 1 atom stereocenters. The van der Waals surface area contributed by atoms with Gasteiger partial charge in [0, 0.05) is 12.8 Å². The maximum atomic E-state index is 12.2. The molecule has 0 spiro atoms. The van der Waals surface area contributed by atoms with E-state index in [9.17, 15) is 14.7 Å². The Hall–Kier alpha value is -3.44. The quantitative estimate of drug-likeness (QED) is 0.0385. The van der Waals surface area contributed by atoms with E-state index in [1.165, 1.54) is 38.5 Å². The molecular formula is C50H80O5. The number of aliphatic hydroxyl groups excluding tert-OH is 1. The minimum absolute atomic E-state index is 0.0942. The maximum Gasteiger partial charge on any atom is 0.306 e. The Kier molecular flexibility index (Phi) is 42.1. The average molecular weight is 761 g/mol. The van der Waals surface area contributed by atoms with E-state index in [1.54, 1.807) is 0 Å². The van der Waals surface area contributed by atoms with Crippen molar-refractivity contribution in [2.45, 2.75) is 180 Å². The van der Waals surface area contributed by atoms with Gasteiger partial charge in [0.1, 0.15) is 6.61 Å². The molecule has 0 heterocycles. The van der Waals surface area contributed by atoms with Gasteiger partial charge in [0.2, 0.25) is 0 Å². The molecule has 0 aromatic carbocycles. The minimum atomic E-state index is -0.803. The Labute approximate surface area is 338 Å². The van der Waals surface area contributed by atoms with Gasteiger partial charge >= 0.3 is 11.9 Å². The number of allylic oxidation sites excluding steroid dienone is 18. The molecule has 0 aliphatic heterocycles. The van der Waals surface area contributed by atoms with E-state index in [1.807, 2.05) is 0 Å². The number of hydrogen-bond donors (Lipinski definition) is 1. The van der Waals surface area contributed by atoms with Crippen LogP contribution >= 0.6 is 0 Å². The van der Waals surface area contributed by atoms with Gasteiger partial charge in [-0.3, -0.25) is 9.59 Å². The monoisotopic (exact) mass is 761 g/mol. The zero-order chi connectivity index (χ0) is 40.0. The smallest absolute Gasteiger partial charge is 0.306 e. The molecule has 0 aromatic heterocycles. The molecule has 0 fully saturated rings. The first-order valence-corrected chi connectivity index (χ1v) is 21.9. The Bertz CT molecular complexity index is 1130. The van der Waals surface area contributed by atoms with E-state index < -0.39 is 6.10 Å². The summed E-state index contributed by atoms with van der Waals surface area (Å²) in [5, 5.41) is 9.58. The Morgan fingerprint density at radius 1 is 0.436 bits per heavy atom. The van der Waals surface area contributed by atoms with Gasteiger partial charge in [-0.15, -0.1) is 0 Å². The van der Waals surface area contributed by atoms with Crippen molar-refractivity contribution in [3.05, 3.63) is 109 Å². The number of hydrogen-bond acceptors (Lipinski definition) is 5. The average Bonchev–Trinajstić information content (AvgIpc) is 3.19. The lowest BCUT2D eigenvalue weighted by molar-refractivity contribution is -0.161. The SMILES string of the molecule is CC/C=C\C/C=C\C/C=C\C/C=C\C/C=C\C/C=C\C/C=C\CCCCCC(=O)OC(CO)COC(=O)CCCCCCC/C=C\C/C=C\CCCCCC. The molecule has 0 radical (unpaired) electrons. The zero-order valence-corrected chi connectivity index (χ0v) is 35.1. The Balaban J connectivity index is 3.70. The molecule has 0 amide bonds. The third kappa shape index (κ3) is 43.2. The van der Waals surface area contributed by atoms with Crippen molar-refractivity contribution in [1.29, 1.82) is 0 Å². The topological polar surface area (TPSA) is 72.8 Å². The molecule has 0 aromatic rings. The summed E-state index contributed by atoms with van der Waals surface area (Å²) in [7, 11) is 0. The van der Waals surface area contributed by atoms with Crippen molar-refractivity contribution >= 4 is 11.9 Å². The molecule has 310 valence electrons. The summed E-state index contributed by atoms with van der Waals surface area (Å²) in [5.41, 5.74) is 0. The third-order valence-electron chi connectivity index (χ3n) is 8.80. The van der Waals surface area contributed by atoms with Crippen LogP contribution in [0.5, 0.6) is 0 Å². The highest BCUT2D eigenvalue weighted by Gasteiger charge is 2.16. The number of carbonyl (C=O) groups is 2. The maximum absolute atomic E-state index is 12.2. The highest BCUT2D eigenvalue weighted by molar-refractivity contribution is 5.70. The minimum Gasteiger partial charge on any atom is -0.462 e. The highest BCUT2D eigenvalue weighted by atomic mass is 16.6. The van der Waals surface area contributed by atoms with Gasteiger partial charge in [-0.25, -0.2) is 0 Å². The second-order valence-corrected chi connectivity index (χ2v) is 14.0. The lowest BCUT2D eigenvalue weighted by atomic mass is 10.1. The van der Waals surface area contributed by atoms with E-state index in [0.29, 0.717) is 12.8 Å². The van der Waals surface area contributed by atoms with Crippen LogP contribution in [-0.4, -0.2) is 36.4 Å². The van der Waals surface area contributed by atoms with Crippen LogP contribution in [0.15, 0.2) is 109 Å². The van der Waals surface area contributed by atoms with Crippen molar-refractivity contribution in [2.75, 3.05) is 13.2 Å². The van der Waals surface area contributed by atoms with Crippen LogP contribution in [-0.2, 0) is 19.1 Å². The molecule has 0 aliphatic carbocycles. The molecule has 0 saturated carbocycles. The summed E-state index contributed by atoms with van der Waals surface area (Å²) in [5.74, 6) is -0.655. The van der Waals surface area contributed by atoms with Crippen LogP contribution in [0, 0.1) is 0 Å². The fraction of sp³-hybridized carbons (Fsp3) is 0.600. The normalized spacial score (nSPS) is 13.3. The van der Waals surface area contributed by atoms with Gasteiger partial charge in [0.05, 0.1) is 6.61 Å². The number of rotatable bonds is 38. The van der Waals surface area contributed by atoms with E-state index in [4.69, 9.17) is 9.47 Å². The van der Waals surface area contributed by atoms with E-state index >= 15 is 0 Å². The summed E-state index contributed by atoms with van der Waals surface area (Å²) < 4.78 is 10.6. The predicted molar refractivity (Wildman–Crippen MR) is 237 cm³/mol. The van der Waals surface area contributed by atoms with Crippen molar-refractivity contribution in [3.8, 4) is 0 Å². The fourth-order valence-corrected chi connectivity index (χ4v) is 5.50. The number of esters is 2. The van der Waals surface area contributed by atoms with Crippen molar-refractivity contribution in [3.63, 3.8) is 0 Å². The van der Waals surface area contributed by atoms with Crippen LogP contribution in [0.4, 0.5) is 0 Å². The molecule has 0 saturated heterocycles. The van der Waals surface area contributed by atoms with Gasteiger partial charge in [-0.2, -0.15) is 0 Å². The van der Waals surface area contributed by atoms with Gasteiger partial charge in [0.25, 0.3) is 0 Å². The number of aliphatic hydroxyl groups is 1. The lowest BCUT2D eigenvalue weighted by Gasteiger charge is -2.15. The molecule has 0 aliphatic rings. The Morgan fingerprint density at radius 2 is 0.782 bits per heavy atom. The fourth-order valence-electron chi connectivity index (χ4n) is 5.50. The Morgan fingerprint density at radius 3 is 1.20 bits per heavy atom. The van der Waals surface area contributed by atoms with Gasteiger partial charge in [-0.05, 0) is 103 Å². The zero-order valence-electron chi connectivity index (χ0n) is 35.1. The molecule has 5 heteroatoms. The third-order valence-corrected chi connectivity index (χ3v) is 8.80. The van der Waals surface area contributed by atoms with Crippen molar-refractivity contribution < 1.29 is 24.2 Å². The van der Waals surface area contributed by atoms with Crippen LogP contribution < -0.4 is 0 Å². The van der Waals surface area contributed by atoms with Crippen LogP contribution in [0.1, 0.15) is 174 Å². The van der Waals surface area contributed by atoms with Crippen LogP contribution in [0.3, 0.4) is 0 Å². The highest BCUT2D eigenvalue weighted by Crippen LogP contribution is 2.10. The molecule has 0 bridgehead atoms. The van der Waals surface area contributed by atoms with Crippen molar-refractivity contribution in [2.24, 2.45) is 0 Å². The van der Waals surface area contributed by atoms with Gasteiger partial charge in [0.15, 0.2) is 6.10 Å². The molecular weight excluding hydrogens is 681 g/mol. The summed E-state index contributed by atoms with van der Waals surface area (Å²) in [6.07, 6.45) is 64.4. The molecule has 0 rings (SSSR count). The predicted octanol–water partition coefficient (Wildman–Crippen LogP) is 14.2. The second kappa shape index (κ2) is 45.0. The first kappa shape index (κ1) is 51.6. The summed E-state index contributed by atoms with van der Waals surface area (Å²) >= 11 is 0. The molecule has 1 N–H and O–H groups in total. The molecule has 5 nitrogen and oxygen atoms in total. The van der Waals surface area contributed by atoms with E-state index in [2.05, 4.69) is 123 Å². The molecule has 1 unspecified atom stereocenters. The van der Waals surface area contributed by atoms with E-state index in [0.717, 1.165) is 109 Å². The largest absolute Gasteiger partial charge is 0.462 e. The van der Waals surface area contributed by atoms with Crippen molar-refractivity contribution in [1.82, 2.24) is 0 Å². The first-order chi connectivity index (χ1) is 27.1. The number of ether oxygens (including phenoxy) is 2. The van der Waals surface area contributed by atoms with Crippen LogP contribution in [0.2, 0.25) is 0 Å². The van der Waals surface area contributed by atoms with Gasteiger partial charge in [-0.1, -0.05) is 168 Å². The summed E-state index contributed by atoms with van der Waals surface area (Å²) in [6.45, 7) is 3.95. The second-order valence-electron chi connectivity index (χ2n) is 14.0.